The van der Waals surface area contributed by atoms with Crippen molar-refractivity contribution in [2.45, 2.75) is 13.0 Å². The van der Waals surface area contributed by atoms with Crippen molar-refractivity contribution >= 4 is 10.4 Å². The Hall–Kier alpha value is -0.950. The smallest absolute Gasteiger partial charge is 0.217 e. The van der Waals surface area contributed by atoms with Crippen molar-refractivity contribution in [2.24, 2.45) is 0 Å². The number of nitrogens with one attached hydrogen (secondary N) is 1. The normalized spacial score (nSPS) is 11.6. The molecule has 0 saturated carbocycles. The molecule has 1 rings (SSSR count). The molecule has 1 aromatic rings. The van der Waals surface area contributed by atoms with Gasteiger partial charge in [0.05, 0.1) is 6.61 Å². The fraction of sp³-hybridized carbons (Fsp3) is 0.400. The summed E-state index contributed by atoms with van der Waals surface area (Å²) in [5.41, 5.74) is 1.15. The first-order chi connectivity index (χ1) is 7.58. The van der Waals surface area contributed by atoms with Gasteiger partial charge in [-0.15, -0.1) is 0 Å². The molecule has 1 aromatic carbocycles. The summed E-state index contributed by atoms with van der Waals surface area (Å²) in [6, 6.07) is 9.82. The lowest BCUT2D eigenvalue weighted by Gasteiger charge is -2.08. The van der Waals surface area contributed by atoms with Gasteiger partial charge in [-0.25, -0.2) is 8.42 Å². The highest BCUT2D eigenvalue weighted by Gasteiger charge is 1.95. The van der Waals surface area contributed by atoms with E-state index in [2.05, 4.69) is 9.50 Å². The summed E-state index contributed by atoms with van der Waals surface area (Å²) in [7, 11) is -4.54. The molecule has 0 heterocycles. The van der Waals surface area contributed by atoms with Gasteiger partial charge in [-0.2, -0.15) is 0 Å². The zero-order chi connectivity index (χ0) is 11.9. The Bertz CT molecular complexity index is 391. The van der Waals surface area contributed by atoms with Crippen LogP contribution in [0.5, 0.6) is 0 Å². The first-order valence-electron chi connectivity index (χ1n) is 4.93. The Morgan fingerprint density at radius 3 is 2.56 bits per heavy atom. The Kier molecular flexibility index (Phi) is 5.41. The second-order valence-corrected chi connectivity index (χ2v) is 4.30. The highest BCUT2D eigenvalue weighted by Crippen LogP contribution is 1.97. The average Bonchev–Trinajstić information content (AvgIpc) is 2.23. The lowest BCUT2D eigenvalue weighted by molar-refractivity contribution is 0.257. The monoisotopic (exact) mass is 244 g/mol. The van der Waals surface area contributed by atoms with E-state index in [0.29, 0.717) is 19.5 Å². The van der Waals surface area contributed by atoms with Crippen LogP contribution in [0.15, 0.2) is 30.3 Å². The minimum Gasteiger partial charge on any atom is -0.726 e. The molecular formula is C10H14NO4S-. The van der Waals surface area contributed by atoms with Gasteiger partial charge in [-0.3, -0.25) is 4.18 Å². The molecule has 1 N–H and O–H groups in total. The van der Waals surface area contributed by atoms with Gasteiger partial charge in [0.1, 0.15) is 0 Å². The van der Waals surface area contributed by atoms with Crippen LogP contribution < -0.4 is 5.32 Å². The summed E-state index contributed by atoms with van der Waals surface area (Å²) in [5, 5.41) is 3.11. The van der Waals surface area contributed by atoms with Crippen LogP contribution in [-0.2, 0) is 21.1 Å². The van der Waals surface area contributed by atoms with E-state index < -0.39 is 10.4 Å². The zero-order valence-electron chi connectivity index (χ0n) is 8.76. The summed E-state index contributed by atoms with van der Waals surface area (Å²) < 4.78 is 34.3. The molecule has 0 atom stereocenters. The van der Waals surface area contributed by atoms with E-state index in [0.717, 1.165) is 5.56 Å². The SMILES string of the molecule is O=S(=O)([O-])OCCCNCc1ccccc1. The second-order valence-electron chi connectivity index (χ2n) is 3.25. The lowest BCUT2D eigenvalue weighted by atomic mass is 10.2. The van der Waals surface area contributed by atoms with Gasteiger partial charge < -0.3 is 9.87 Å². The number of benzene rings is 1. The Morgan fingerprint density at radius 2 is 1.94 bits per heavy atom. The third-order valence-electron chi connectivity index (χ3n) is 1.90. The molecule has 0 radical (unpaired) electrons. The molecule has 0 fully saturated rings. The third-order valence-corrected chi connectivity index (χ3v) is 2.35. The van der Waals surface area contributed by atoms with Crippen molar-refractivity contribution < 1.29 is 17.2 Å². The fourth-order valence-electron chi connectivity index (χ4n) is 1.19. The second kappa shape index (κ2) is 6.59. The molecule has 5 nitrogen and oxygen atoms in total. The van der Waals surface area contributed by atoms with Gasteiger partial charge in [-0.1, -0.05) is 30.3 Å². The highest BCUT2D eigenvalue weighted by molar-refractivity contribution is 7.80. The molecule has 0 saturated heterocycles. The minimum atomic E-state index is -4.54. The largest absolute Gasteiger partial charge is 0.726 e. The molecule has 16 heavy (non-hydrogen) atoms. The van der Waals surface area contributed by atoms with E-state index in [1.54, 1.807) is 0 Å². The predicted molar refractivity (Wildman–Crippen MR) is 58.4 cm³/mol. The number of hydrogen-bond acceptors (Lipinski definition) is 5. The highest BCUT2D eigenvalue weighted by atomic mass is 32.3. The van der Waals surface area contributed by atoms with Gasteiger partial charge >= 0.3 is 0 Å². The van der Waals surface area contributed by atoms with Gasteiger partial charge in [0.2, 0.25) is 10.4 Å². The molecule has 0 aliphatic carbocycles. The first-order valence-corrected chi connectivity index (χ1v) is 6.26. The third kappa shape index (κ3) is 6.52. The molecule has 0 aromatic heterocycles. The van der Waals surface area contributed by atoms with Crippen LogP contribution in [-0.4, -0.2) is 26.1 Å². The van der Waals surface area contributed by atoms with Crippen molar-refractivity contribution in [3.63, 3.8) is 0 Å². The van der Waals surface area contributed by atoms with Gasteiger partial charge in [0, 0.05) is 6.54 Å². The van der Waals surface area contributed by atoms with E-state index >= 15 is 0 Å². The number of rotatable bonds is 7. The molecule has 6 heteroatoms. The van der Waals surface area contributed by atoms with Crippen molar-refractivity contribution in [2.75, 3.05) is 13.2 Å². The molecule has 0 spiro atoms. The minimum absolute atomic E-state index is 0.0758. The average molecular weight is 244 g/mol. The molecule has 0 unspecified atom stereocenters. The summed E-state index contributed by atoms with van der Waals surface area (Å²) in [4.78, 5) is 0. The van der Waals surface area contributed by atoms with Crippen molar-refractivity contribution in [3.05, 3.63) is 35.9 Å². The maximum absolute atomic E-state index is 10.1. The molecule has 90 valence electrons. The molecule has 0 bridgehead atoms. The Morgan fingerprint density at radius 1 is 1.25 bits per heavy atom. The van der Waals surface area contributed by atoms with E-state index in [4.69, 9.17) is 0 Å². The Balaban J connectivity index is 2.05. The maximum atomic E-state index is 10.1. The van der Waals surface area contributed by atoms with E-state index in [1.807, 2.05) is 30.3 Å². The summed E-state index contributed by atoms with van der Waals surface area (Å²) >= 11 is 0. The van der Waals surface area contributed by atoms with Gasteiger partial charge in [-0.05, 0) is 18.5 Å². The van der Waals surface area contributed by atoms with Crippen LogP contribution in [0.3, 0.4) is 0 Å². The van der Waals surface area contributed by atoms with Crippen LogP contribution in [0, 0.1) is 0 Å². The molecular weight excluding hydrogens is 230 g/mol. The van der Waals surface area contributed by atoms with Crippen LogP contribution in [0.25, 0.3) is 0 Å². The fourth-order valence-corrected chi connectivity index (χ4v) is 1.51. The van der Waals surface area contributed by atoms with E-state index in [9.17, 15) is 13.0 Å². The summed E-state index contributed by atoms with van der Waals surface area (Å²) in [5.74, 6) is 0. The first kappa shape index (κ1) is 13.1. The van der Waals surface area contributed by atoms with E-state index in [1.165, 1.54) is 0 Å². The quantitative estimate of drug-likeness (QED) is 0.432. The summed E-state index contributed by atoms with van der Waals surface area (Å²) in [6.45, 7) is 1.24. The molecule has 0 aliphatic rings. The van der Waals surface area contributed by atoms with Crippen LogP contribution in [0.1, 0.15) is 12.0 Å². The van der Waals surface area contributed by atoms with Gasteiger partial charge in [0.15, 0.2) is 0 Å². The topological polar surface area (TPSA) is 78.5 Å². The summed E-state index contributed by atoms with van der Waals surface area (Å²) in [6.07, 6.45) is 0.480. The van der Waals surface area contributed by atoms with Crippen LogP contribution in [0.2, 0.25) is 0 Å². The predicted octanol–water partition coefficient (Wildman–Crippen LogP) is 0.643. The van der Waals surface area contributed by atoms with Crippen molar-refractivity contribution in [1.82, 2.24) is 5.32 Å². The molecule has 0 amide bonds. The number of hydrogen-bond donors (Lipinski definition) is 1. The Labute approximate surface area is 95.4 Å². The van der Waals surface area contributed by atoms with Crippen molar-refractivity contribution in [1.29, 1.82) is 0 Å². The lowest BCUT2D eigenvalue weighted by Crippen LogP contribution is -2.17. The van der Waals surface area contributed by atoms with Crippen LogP contribution >= 0.6 is 0 Å². The standard InChI is InChI=1S/C10H15NO4S/c12-16(13,14)15-8-4-7-11-9-10-5-2-1-3-6-10/h1-3,5-6,11H,4,7-9H2,(H,12,13,14)/p-1. The van der Waals surface area contributed by atoms with Gasteiger partial charge in [0.25, 0.3) is 0 Å². The zero-order valence-corrected chi connectivity index (χ0v) is 9.57. The maximum Gasteiger partial charge on any atom is 0.217 e. The van der Waals surface area contributed by atoms with E-state index in [-0.39, 0.29) is 6.61 Å². The molecule has 0 aliphatic heterocycles. The van der Waals surface area contributed by atoms with Crippen LogP contribution in [0.4, 0.5) is 0 Å². The van der Waals surface area contributed by atoms with Crippen molar-refractivity contribution in [3.8, 4) is 0 Å².